The molecule has 0 saturated carbocycles. The fraction of sp³-hybridized carbons (Fsp3) is 0.0952. The lowest BCUT2D eigenvalue weighted by Crippen LogP contribution is -2.18. The maximum Gasteiger partial charge on any atom is 0.235 e. The molecule has 0 spiro atoms. The Kier molecular flexibility index (Phi) is 6.15. The van der Waals surface area contributed by atoms with E-state index in [1.165, 1.54) is 23.9 Å². The molecule has 0 unspecified atom stereocenters. The van der Waals surface area contributed by atoms with Crippen LogP contribution in [0, 0.1) is 5.82 Å². The molecule has 0 saturated heterocycles. The van der Waals surface area contributed by atoms with Crippen molar-refractivity contribution < 1.29 is 9.18 Å². The number of amides is 1. The molecule has 2 heterocycles. The summed E-state index contributed by atoms with van der Waals surface area (Å²) >= 11 is 7.48. The Morgan fingerprint density at radius 2 is 2.00 bits per heavy atom. The monoisotopic (exact) mass is 441 g/mol. The van der Waals surface area contributed by atoms with Gasteiger partial charge in [-0.05, 0) is 29.8 Å². The van der Waals surface area contributed by atoms with Crippen molar-refractivity contribution in [2.45, 2.75) is 11.7 Å². The van der Waals surface area contributed by atoms with E-state index in [0.29, 0.717) is 28.2 Å². The summed E-state index contributed by atoms with van der Waals surface area (Å²) in [6.45, 7) is 0.444. The molecule has 0 aliphatic rings. The summed E-state index contributed by atoms with van der Waals surface area (Å²) < 4.78 is 16.9. The first kappa shape index (κ1) is 20.2. The lowest BCUT2D eigenvalue weighted by molar-refractivity contribution is -0.113. The first-order valence-corrected chi connectivity index (χ1v) is 10.4. The number of anilines is 1. The average Bonchev–Trinajstić information content (AvgIpc) is 3.38. The smallest absolute Gasteiger partial charge is 0.235 e. The van der Waals surface area contributed by atoms with E-state index in [9.17, 15) is 9.18 Å². The summed E-state index contributed by atoms with van der Waals surface area (Å²) in [5.41, 5.74) is 1.55. The van der Waals surface area contributed by atoms with Crippen LogP contribution in [0.1, 0.15) is 5.56 Å². The number of nitrogens with zero attached hydrogens (tertiary/aromatic N) is 4. The Hall–Kier alpha value is -3.10. The van der Waals surface area contributed by atoms with Crippen molar-refractivity contribution in [1.82, 2.24) is 19.3 Å². The van der Waals surface area contributed by atoms with Crippen LogP contribution in [0.4, 0.5) is 10.2 Å². The molecule has 2 aromatic carbocycles. The summed E-state index contributed by atoms with van der Waals surface area (Å²) in [6.07, 6.45) is 4.97. The number of benzene rings is 2. The molecule has 1 amide bonds. The van der Waals surface area contributed by atoms with Crippen molar-refractivity contribution in [1.29, 1.82) is 0 Å². The number of rotatable bonds is 7. The van der Waals surface area contributed by atoms with Crippen LogP contribution in [0.15, 0.2) is 78.3 Å². The molecule has 0 atom stereocenters. The van der Waals surface area contributed by atoms with Crippen LogP contribution in [-0.4, -0.2) is 31.0 Å². The molecule has 152 valence electrons. The molecule has 9 heteroatoms. The predicted molar refractivity (Wildman–Crippen MR) is 116 cm³/mol. The maximum absolute atomic E-state index is 13.5. The quantitative estimate of drug-likeness (QED) is 0.424. The zero-order chi connectivity index (χ0) is 20.9. The molecular weight excluding hydrogens is 425 g/mol. The Labute approximate surface area is 181 Å². The molecule has 2 aromatic heterocycles. The summed E-state index contributed by atoms with van der Waals surface area (Å²) in [7, 11) is 0. The van der Waals surface area contributed by atoms with Crippen molar-refractivity contribution in [3.8, 4) is 5.69 Å². The number of thioether (sulfide) groups is 1. The van der Waals surface area contributed by atoms with Gasteiger partial charge in [0.1, 0.15) is 11.6 Å². The SMILES string of the molecule is O=C(CSc1nccn1-c1cccc(F)c1)Nc1ccnn1Cc1ccccc1Cl. The Morgan fingerprint density at radius 3 is 2.83 bits per heavy atom. The van der Waals surface area contributed by atoms with Crippen LogP contribution in [0.3, 0.4) is 0 Å². The second-order valence-electron chi connectivity index (χ2n) is 6.36. The van der Waals surface area contributed by atoms with Crippen molar-refractivity contribution in [2.24, 2.45) is 0 Å². The minimum atomic E-state index is -0.332. The van der Waals surface area contributed by atoms with Gasteiger partial charge < -0.3 is 5.32 Å². The van der Waals surface area contributed by atoms with Crippen LogP contribution < -0.4 is 5.32 Å². The van der Waals surface area contributed by atoms with Gasteiger partial charge >= 0.3 is 0 Å². The minimum absolute atomic E-state index is 0.142. The molecule has 0 aliphatic heterocycles. The molecule has 4 rings (SSSR count). The summed E-state index contributed by atoms with van der Waals surface area (Å²) in [5, 5.41) is 8.36. The number of hydrogen-bond acceptors (Lipinski definition) is 4. The van der Waals surface area contributed by atoms with Gasteiger partial charge in [-0.25, -0.2) is 14.1 Å². The molecular formula is C21H17ClFN5OS. The molecule has 4 aromatic rings. The molecule has 0 aliphatic carbocycles. The number of aromatic nitrogens is 4. The highest BCUT2D eigenvalue weighted by Crippen LogP contribution is 2.22. The van der Waals surface area contributed by atoms with Gasteiger partial charge in [-0.2, -0.15) is 5.10 Å². The van der Waals surface area contributed by atoms with Gasteiger partial charge in [-0.15, -0.1) is 0 Å². The average molecular weight is 442 g/mol. The van der Waals surface area contributed by atoms with Crippen LogP contribution in [-0.2, 0) is 11.3 Å². The first-order valence-electron chi connectivity index (χ1n) is 9.07. The molecule has 6 nitrogen and oxygen atoms in total. The van der Waals surface area contributed by atoms with Crippen LogP contribution in [0.25, 0.3) is 5.69 Å². The second kappa shape index (κ2) is 9.15. The second-order valence-corrected chi connectivity index (χ2v) is 7.71. The largest absolute Gasteiger partial charge is 0.310 e. The van der Waals surface area contributed by atoms with Crippen molar-refractivity contribution in [3.05, 3.63) is 89.6 Å². The van der Waals surface area contributed by atoms with E-state index in [-0.39, 0.29) is 17.5 Å². The number of carbonyl (C=O) groups is 1. The van der Waals surface area contributed by atoms with Crippen molar-refractivity contribution >= 4 is 35.1 Å². The number of imidazole rings is 1. The molecule has 1 N–H and O–H groups in total. The van der Waals surface area contributed by atoms with Crippen molar-refractivity contribution in [3.63, 3.8) is 0 Å². The van der Waals surface area contributed by atoms with E-state index in [1.807, 2.05) is 24.3 Å². The Morgan fingerprint density at radius 1 is 1.13 bits per heavy atom. The Balaban J connectivity index is 1.40. The van der Waals surface area contributed by atoms with E-state index in [4.69, 9.17) is 11.6 Å². The van der Waals surface area contributed by atoms with Gasteiger partial charge in [-0.1, -0.05) is 47.6 Å². The fourth-order valence-electron chi connectivity index (χ4n) is 2.88. The van der Waals surface area contributed by atoms with Gasteiger partial charge in [0.15, 0.2) is 5.16 Å². The number of carbonyl (C=O) groups excluding carboxylic acids is 1. The standard InChI is InChI=1S/C21H17ClFN5OS/c22-18-7-2-1-4-15(18)13-28-19(8-9-25-28)26-20(29)14-30-21-24-10-11-27(21)17-6-3-5-16(23)12-17/h1-12H,13-14H2,(H,26,29). The van der Waals surface area contributed by atoms with Gasteiger partial charge in [0, 0.05) is 23.5 Å². The number of hydrogen-bond donors (Lipinski definition) is 1. The summed E-state index contributed by atoms with van der Waals surface area (Å²) in [6, 6.07) is 15.4. The van der Waals surface area contributed by atoms with E-state index < -0.39 is 0 Å². The Bertz CT molecular complexity index is 1180. The van der Waals surface area contributed by atoms with Gasteiger partial charge in [-0.3, -0.25) is 9.36 Å². The lowest BCUT2D eigenvalue weighted by Gasteiger charge is -2.10. The summed E-state index contributed by atoms with van der Waals surface area (Å²) in [5.74, 6) is 0.189. The third-order valence-corrected chi connectivity index (χ3v) is 5.62. The fourth-order valence-corrected chi connectivity index (χ4v) is 3.85. The number of halogens is 2. The van der Waals surface area contributed by atoms with E-state index in [2.05, 4.69) is 15.4 Å². The highest BCUT2D eigenvalue weighted by atomic mass is 35.5. The summed E-state index contributed by atoms with van der Waals surface area (Å²) in [4.78, 5) is 16.7. The predicted octanol–water partition coefficient (Wildman–Crippen LogP) is 4.64. The third-order valence-electron chi connectivity index (χ3n) is 4.29. The van der Waals surface area contributed by atoms with Crippen LogP contribution in [0.2, 0.25) is 5.02 Å². The lowest BCUT2D eigenvalue weighted by atomic mass is 10.2. The highest BCUT2D eigenvalue weighted by Gasteiger charge is 2.12. The zero-order valence-electron chi connectivity index (χ0n) is 15.7. The highest BCUT2D eigenvalue weighted by molar-refractivity contribution is 7.99. The zero-order valence-corrected chi connectivity index (χ0v) is 17.3. The van der Waals surface area contributed by atoms with E-state index in [0.717, 1.165) is 5.56 Å². The van der Waals surface area contributed by atoms with E-state index in [1.54, 1.807) is 46.0 Å². The molecule has 0 radical (unpaired) electrons. The third kappa shape index (κ3) is 4.72. The number of nitrogens with one attached hydrogen (secondary N) is 1. The maximum atomic E-state index is 13.5. The van der Waals surface area contributed by atoms with Crippen LogP contribution in [0.5, 0.6) is 0 Å². The topological polar surface area (TPSA) is 64.7 Å². The molecule has 30 heavy (non-hydrogen) atoms. The minimum Gasteiger partial charge on any atom is -0.310 e. The van der Waals surface area contributed by atoms with Gasteiger partial charge in [0.25, 0.3) is 0 Å². The van der Waals surface area contributed by atoms with Crippen molar-refractivity contribution in [2.75, 3.05) is 11.1 Å². The van der Waals surface area contributed by atoms with Gasteiger partial charge in [0.05, 0.1) is 24.2 Å². The molecule has 0 fully saturated rings. The normalized spacial score (nSPS) is 10.9. The molecule has 0 bridgehead atoms. The van der Waals surface area contributed by atoms with Crippen LogP contribution >= 0.6 is 23.4 Å². The first-order chi connectivity index (χ1) is 14.6. The van der Waals surface area contributed by atoms with Gasteiger partial charge in [0.2, 0.25) is 5.91 Å². The van der Waals surface area contributed by atoms with E-state index >= 15 is 0 Å².